The Labute approximate surface area is 137 Å². The van der Waals surface area contributed by atoms with Crippen molar-refractivity contribution in [2.24, 2.45) is 7.05 Å². The highest BCUT2D eigenvalue weighted by atomic mass is 19.3. The van der Waals surface area contributed by atoms with Gasteiger partial charge in [0, 0.05) is 7.05 Å². The standard InChI is InChI=1S/C15H17F2N5O2/c1-22-7-9(6-20-22)24-13-4-2-3-10(13)21-15(23)12-5-11(14(16)17)18-8-19-12/h5-8,10,13-14H,2-4H2,1H3,(H,21,23)/t10-,13+/m0/s1. The van der Waals surface area contributed by atoms with Gasteiger partial charge in [-0.25, -0.2) is 18.7 Å². The Morgan fingerprint density at radius 2 is 2.25 bits per heavy atom. The van der Waals surface area contributed by atoms with Gasteiger partial charge in [-0.2, -0.15) is 5.10 Å². The first-order valence-corrected chi connectivity index (χ1v) is 7.59. The maximum atomic E-state index is 12.7. The summed E-state index contributed by atoms with van der Waals surface area (Å²) in [7, 11) is 1.79. The summed E-state index contributed by atoms with van der Waals surface area (Å²) in [4.78, 5) is 19.5. The van der Waals surface area contributed by atoms with Crippen LogP contribution in [0.2, 0.25) is 0 Å². The van der Waals surface area contributed by atoms with Gasteiger partial charge in [0.1, 0.15) is 23.8 Å². The van der Waals surface area contributed by atoms with Crippen LogP contribution in [0.1, 0.15) is 41.9 Å². The first-order chi connectivity index (χ1) is 11.5. The van der Waals surface area contributed by atoms with Gasteiger partial charge in [0.15, 0.2) is 5.75 Å². The number of carbonyl (C=O) groups excluding carboxylic acids is 1. The predicted molar refractivity (Wildman–Crippen MR) is 79.7 cm³/mol. The Kier molecular flexibility index (Phi) is 4.68. The van der Waals surface area contributed by atoms with Gasteiger partial charge in [-0.05, 0) is 25.3 Å². The minimum absolute atomic E-state index is 0.0765. The molecule has 1 aliphatic rings. The van der Waals surface area contributed by atoms with Crippen molar-refractivity contribution < 1.29 is 18.3 Å². The number of halogens is 2. The number of rotatable bonds is 5. The minimum Gasteiger partial charge on any atom is -0.485 e. The van der Waals surface area contributed by atoms with Gasteiger partial charge in [0.05, 0.1) is 18.4 Å². The normalized spacial score (nSPS) is 20.3. The SMILES string of the molecule is Cn1cc(O[C@@H]2CCC[C@@H]2NC(=O)c2cc(C(F)F)ncn2)cn1. The molecule has 0 spiro atoms. The average Bonchev–Trinajstić information content (AvgIpc) is 3.17. The molecule has 0 bridgehead atoms. The van der Waals surface area contributed by atoms with E-state index in [0.29, 0.717) is 5.75 Å². The highest BCUT2D eigenvalue weighted by Gasteiger charge is 2.31. The topological polar surface area (TPSA) is 81.9 Å². The van der Waals surface area contributed by atoms with Crippen LogP contribution in [0.25, 0.3) is 0 Å². The zero-order valence-electron chi connectivity index (χ0n) is 13.0. The van der Waals surface area contributed by atoms with Crippen molar-refractivity contribution in [1.29, 1.82) is 0 Å². The summed E-state index contributed by atoms with van der Waals surface area (Å²) in [5.41, 5.74) is -0.544. The predicted octanol–water partition coefficient (Wildman–Crippen LogP) is 1.88. The number of carbonyl (C=O) groups is 1. The molecule has 1 saturated carbocycles. The van der Waals surface area contributed by atoms with Crippen molar-refractivity contribution in [3.8, 4) is 5.75 Å². The second-order valence-corrected chi connectivity index (χ2v) is 5.65. The smallest absolute Gasteiger partial charge is 0.280 e. The fourth-order valence-corrected chi connectivity index (χ4v) is 2.72. The van der Waals surface area contributed by atoms with E-state index < -0.39 is 18.0 Å². The molecule has 0 aromatic carbocycles. The van der Waals surface area contributed by atoms with E-state index in [1.54, 1.807) is 24.1 Å². The summed E-state index contributed by atoms with van der Waals surface area (Å²) < 4.78 is 32.8. The molecule has 2 aromatic heterocycles. The van der Waals surface area contributed by atoms with Gasteiger partial charge < -0.3 is 10.1 Å². The molecule has 7 nitrogen and oxygen atoms in total. The van der Waals surface area contributed by atoms with Gasteiger partial charge in [-0.3, -0.25) is 9.48 Å². The average molecular weight is 337 g/mol. The Hall–Kier alpha value is -2.58. The lowest BCUT2D eigenvalue weighted by molar-refractivity contribution is 0.0888. The molecule has 1 aliphatic carbocycles. The van der Waals surface area contributed by atoms with Crippen LogP contribution < -0.4 is 10.1 Å². The molecule has 2 atom stereocenters. The number of hydrogen-bond donors (Lipinski definition) is 1. The van der Waals surface area contributed by atoms with Gasteiger partial charge in [0.25, 0.3) is 12.3 Å². The van der Waals surface area contributed by atoms with E-state index in [1.807, 2.05) is 0 Å². The van der Waals surface area contributed by atoms with Crippen molar-refractivity contribution in [1.82, 2.24) is 25.1 Å². The number of alkyl halides is 2. The van der Waals surface area contributed by atoms with Crippen LogP contribution in [-0.2, 0) is 7.05 Å². The molecule has 1 amide bonds. The van der Waals surface area contributed by atoms with Crippen LogP contribution in [0.4, 0.5) is 8.78 Å². The number of aromatic nitrogens is 4. The molecule has 2 heterocycles. The second-order valence-electron chi connectivity index (χ2n) is 5.65. The van der Waals surface area contributed by atoms with Crippen molar-refractivity contribution in [3.05, 3.63) is 36.2 Å². The number of nitrogens with zero attached hydrogens (tertiary/aromatic N) is 4. The monoisotopic (exact) mass is 337 g/mol. The first kappa shape index (κ1) is 16.3. The number of aryl methyl sites for hydroxylation is 1. The van der Waals surface area contributed by atoms with E-state index in [9.17, 15) is 13.6 Å². The summed E-state index contributed by atoms with van der Waals surface area (Å²) in [6.07, 6.45) is 3.85. The zero-order valence-corrected chi connectivity index (χ0v) is 13.0. The Morgan fingerprint density at radius 3 is 2.96 bits per heavy atom. The first-order valence-electron chi connectivity index (χ1n) is 7.59. The molecular formula is C15H17F2N5O2. The van der Waals surface area contributed by atoms with Crippen LogP contribution in [-0.4, -0.2) is 37.8 Å². The van der Waals surface area contributed by atoms with Crippen molar-refractivity contribution >= 4 is 5.91 Å². The van der Waals surface area contributed by atoms with Crippen LogP contribution in [0.3, 0.4) is 0 Å². The molecule has 9 heteroatoms. The quantitative estimate of drug-likeness (QED) is 0.901. The van der Waals surface area contributed by atoms with Crippen LogP contribution in [0, 0.1) is 0 Å². The molecule has 0 saturated heterocycles. The summed E-state index contributed by atoms with van der Waals surface area (Å²) in [6.45, 7) is 0. The number of nitrogens with one attached hydrogen (secondary N) is 1. The molecule has 1 N–H and O–H groups in total. The Bertz CT molecular complexity index is 721. The van der Waals surface area contributed by atoms with Crippen LogP contribution in [0.15, 0.2) is 24.8 Å². The highest BCUT2D eigenvalue weighted by molar-refractivity contribution is 5.92. The largest absolute Gasteiger partial charge is 0.485 e. The molecule has 3 rings (SSSR count). The van der Waals surface area contributed by atoms with E-state index in [0.717, 1.165) is 31.7 Å². The fraction of sp³-hybridized carbons (Fsp3) is 0.467. The van der Waals surface area contributed by atoms with E-state index in [1.165, 1.54) is 0 Å². The lowest BCUT2D eigenvalue weighted by Crippen LogP contribution is -2.42. The van der Waals surface area contributed by atoms with Crippen molar-refractivity contribution in [3.63, 3.8) is 0 Å². The molecule has 2 aromatic rings. The third kappa shape index (κ3) is 3.66. The van der Waals surface area contributed by atoms with Crippen molar-refractivity contribution in [2.75, 3.05) is 0 Å². The van der Waals surface area contributed by atoms with E-state index in [2.05, 4.69) is 20.4 Å². The number of hydrogen-bond acceptors (Lipinski definition) is 5. The van der Waals surface area contributed by atoms with Gasteiger partial charge in [0.2, 0.25) is 0 Å². The van der Waals surface area contributed by atoms with Gasteiger partial charge in [-0.1, -0.05) is 0 Å². The molecule has 1 fully saturated rings. The molecular weight excluding hydrogens is 320 g/mol. The Morgan fingerprint density at radius 1 is 1.42 bits per heavy atom. The maximum Gasteiger partial charge on any atom is 0.280 e. The lowest BCUT2D eigenvalue weighted by Gasteiger charge is -2.21. The second kappa shape index (κ2) is 6.90. The minimum atomic E-state index is -2.74. The summed E-state index contributed by atoms with van der Waals surface area (Å²) in [5.74, 6) is 0.122. The third-order valence-corrected chi connectivity index (χ3v) is 3.88. The molecule has 128 valence electrons. The van der Waals surface area contributed by atoms with E-state index in [4.69, 9.17) is 4.74 Å². The van der Waals surface area contributed by atoms with E-state index >= 15 is 0 Å². The summed E-state index contributed by atoms with van der Waals surface area (Å²) in [6, 6.07) is 0.800. The summed E-state index contributed by atoms with van der Waals surface area (Å²) >= 11 is 0. The van der Waals surface area contributed by atoms with Crippen LogP contribution in [0.5, 0.6) is 5.75 Å². The van der Waals surface area contributed by atoms with E-state index in [-0.39, 0.29) is 17.8 Å². The maximum absolute atomic E-state index is 12.7. The molecule has 0 unspecified atom stereocenters. The highest BCUT2D eigenvalue weighted by Crippen LogP contribution is 2.25. The van der Waals surface area contributed by atoms with Gasteiger partial charge in [-0.15, -0.1) is 0 Å². The fourth-order valence-electron chi connectivity index (χ4n) is 2.72. The van der Waals surface area contributed by atoms with Crippen LogP contribution >= 0.6 is 0 Å². The molecule has 0 aliphatic heterocycles. The summed E-state index contributed by atoms with van der Waals surface area (Å²) in [5, 5.41) is 6.85. The zero-order chi connectivity index (χ0) is 17.1. The number of ether oxygens (including phenoxy) is 1. The lowest BCUT2D eigenvalue weighted by atomic mass is 10.2. The molecule has 24 heavy (non-hydrogen) atoms. The Balaban J connectivity index is 1.65. The number of amides is 1. The molecule has 0 radical (unpaired) electrons. The third-order valence-electron chi connectivity index (χ3n) is 3.88. The van der Waals surface area contributed by atoms with Crippen molar-refractivity contribution in [2.45, 2.75) is 37.8 Å². The van der Waals surface area contributed by atoms with Gasteiger partial charge >= 0.3 is 0 Å².